The Morgan fingerprint density at radius 2 is 2.11 bits per heavy atom. The van der Waals surface area contributed by atoms with Crippen molar-refractivity contribution in [2.24, 2.45) is 5.73 Å². The SMILES string of the molecule is C[C@@H](N)c1ccc(OCc2noc(C3CC3)n2)cc1. The molecule has 0 spiro atoms. The minimum absolute atomic E-state index is 0.0346. The minimum Gasteiger partial charge on any atom is -0.485 e. The van der Waals surface area contributed by atoms with E-state index in [0.717, 1.165) is 30.0 Å². The van der Waals surface area contributed by atoms with E-state index in [1.807, 2.05) is 31.2 Å². The zero-order chi connectivity index (χ0) is 13.2. The lowest BCUT2D eigenvalue weighted by molar-refractivity contribution is 0.285. The Balaban J connectivity index is 1.58. The molecule has 1 atom stereocenters. The lowest BCUT2D eigenvalue weighted by atomic mass is 10.1. The standard InChI is InChI=1S/C14H17N3O2/c1-9(15)10-4-6-12(7-5-10)18-8-13-16-14(19-17-13)11-2-3-11/h4-7,9,11H,2-3,8,15H2,1H3/t9-/m1/s1. The molecule has 1 aliphatic carbocycles. The summed E-state index contributed by atoms with van der Waals surface area (Å²) in [6.07, 6.45) is 2.31. The zero-order valence-electron chi connectivity index (χ0n) is 10.9. The van der Waals surface area contributed by atoms with E-state index < -0.39 is 0 Å². The first-order valence-electron chi connectivity index (χ1n) is 6.53. The number of ether oxygens (including phenoxy) is 1. The molecule has 5 nitrogen and oxygen atoms in total. The summed E-state index contributed by atoms with van der Waals surface area (Å²) in [7, 11) is 0. The van der Waals surface area contributed by atoms with Crippen molar-refractivity contribution in [2.45, 2.75) is 38.3 Å². The Labute approximate surface area is 111 Å². The van der Waals surface area contributed by atoms with Gasteiger partial charge >= 0.3 is 0 Å². The van der Waals surface area contributed by atoms with E-state index in [2.05, 4.69) is 10.1 Å². The second kappa shape index (κ2) is 5.01. The highest BCUT2D eigenvalue weighted by atomic mass is 16.5. The largest absolute Gasteiger partial charge is 0.485 e. The lowest BCUT2D eigenvalue weighted by Gasteiger charge is -2.07. The molecule has 0 amide bonds. The molecule has 2 aromatic rings. The molecule has 0 saturated heterocycles. The summed E-state index contributed by atoms with van der Waals surface area (Å²) in [5, 5.41) is 3.91. The Bertz CT molecular complexity index is 544. The van der Waals surface area contributed by atoms with E-state index >= 15 is 0 Å². The van der Waals surface area contributed by atoms with Crippen LogP contribution in [0.15, 0.2) is 28.8 Å². The number of rotatable bonds is 5. The van der Waals surface area contributed by atoms with Gasteiger partial charge in [-0.05, 0) is 37.5 Å². The molecule has 5 heteroatoms. The molecule has 1 aliphatic rings. The molecular formula is C14H17N3O2. The minimum atomic E-state index is 0.0346. The van der Waals surface area contributed by atoms with Crippen LogP contribution in [0.5, 0.6) is 5.75 Å². The second-order valence-corrected chi connectivity index (χ2v) is 4.97. The van der Waals surface area contributed by atoms with Gasteiger partial charge in [-0.25, -0.2) is 0 Å². The van der Waals surface area contributed by atoms with Crippen LogP contribution in [0.4, 0.5) is 0 Å². The fourth-order valence-corrected chi connectivity index (χ4v) is 1.84. The Morgan fingerprint density at radius 3 is 2.74 bits per heavy atom. The molecule has 0 bridgehead atoms. The third-order valence-corrected chi connectivity index (χ3v) is 3.18. The van der Waals surface area contributed by atoms with Crippen LogP contribution in [0.1, 0.15) is 49.0 Å². The molecule has 2 N–H and O–H groups in total. The first-order chi connectivity index (χ1) is 9.22. The van der Waals surface area contributed by atoms with Crippen LogP contribution < -0.4 is 10.5 Å². The van der Waals surface area contributed by atoms with Crippen LogP contribution in [0.25, 0.3) is 0 Å². The van der Waals surface area contributed by atoms with Gasteiger partial charge < -0.3 is 15.0 Å². The fourth-order valence-electron chi connectivity index (χ4n) is 1.84. The van der Waals surface area contributed by atoms with Crippen LogP contribution in [0.2, 0.25) is 0 Å². The van der Waals surface area contributed by atoms with Crippen molar-refractivity contribution >= 4 is 0 Å². The van der Waals surface area contributed by atoms with E-state index in [1.165, 1.54) is 0 Å². The van der Waals surface area contributed by atoms with Crippen LogP contribution in [0.3, 0.4) is 0 Å². The molecule has 19 heavy (non-hydrogen) atoms. The molecule has 0 unspecified atom stereocenters. The van der Waals surface area contributed by atoms with Gasteiger partial charge in [0.15, 0.2) is 6.61 Å². The predicted octanol–water partition coefficient (Wildman–Crippen LogP) is 2.55. The van der Waals surface area contributed by atoms with E-state index in [1.54, 1.807) is 0 Å². The van der Waals surface area contributed by atoms with Gasteiger partial charge in [0.05, 0.1) is 0 Å². The lowest BCUT2D eigenvalue weighted by Crippen LogP contribution is -2.04. The summed E-state index contributed by atoms with van der Waals surface area (Å²) in [5.74, 6) is 2.60. The average molecular weight is 259 g/mol. The fraction of sp³-hybridized carbons (Fsp3) is 0.429. The number of aromatic nitrogens is 2. The Morgan fingerprint density at radius 1 is 1.37 bits per heavy atom. The normalized spacial score (nSPS) is 16.3. The predicted molar refractivity (Wildman–Crippen MR) is 69.6 cm³/mol. The van der Waals surface area contributed by atoms with Crippen LogP contribution in [-0.4, -0.2) is 10.1 Å². The summed E-state index contributed by atoms with van der Waals surface area (Å²) in [6.45, 7) is 2.28. The molecule has 3 rings (SSSR count). The highest BCUT2D eigenvalue weighted by Gasteiger charge is 2.29. The van der Waals surface area contributed by atoms with Gasteiger partial charge in [-0.1, -0.05) is 17.3 Å². The van der Waals surface area contributed by atoms with Gasteiger partial charge in [-0.2, -0.15) is 4.98 Å². The summed E-state index contributed by atoms with van der Waals surface area (Å²) in [5.41, 5.74) is 6.88. The van der Waals surface area contributed by atoms with Crippen molar-refractivity contribution in [1.82, 2.24) is 10.1 Å². The molecular weight excluding hydrogens is 242 g/mol. The summed E-state index contributed by atoms with van der Waals surface area (Å²) in [4.78, 5) is 4.31. The average Bonchev–Trinajstić information content (AvgIpc) is 3.16. The Kier molecular flexibility index (Phi) is 3.21. The molecule has 1 saturated carbocycles. The molecule has 0 radical (unpaired) electrons. The first kappa shape index (κ1) is 12.2. The maximum Gasteiger partial charge on any atom is 0.229 e. The number of hydrogen-bond donors (Lipinski definition) is 1. The zero-order valence-corrected chi connectivity index (χ0v) is 10.9. The van der Waals surface area contributed by atoms with Crippen LogP contribution in [-0.2, 0) is 6.61 Å². The summed E-state index contributed by atoms with van der Waals surface area (Å²) < 4.78 is 10.8. The van der Waals surface area contributed by atoms with Crippen molar-refractivity contribution in [3.05, 3.63) is 41.5 Å². The van der Waals surface area contributed by atoms with Gasteiger partial charge in [-0.3, -0.25) is 0 Å². The molecule has 1 fully saturated rings. The van der Waals surface area contributed by atoms with E-state index in [9.17, 15) is 0 Å². The Hall–Kier alpha value is -1.88. The highest BCUT2D eigenvalue weighted by Crippen LogP contribution is 2.38. The topological polar surface area (TPSA) is 74.2 Å². The molecule has 1 aromatic heterocycles. The van der Waals surface area contributed by atoms with Gasteiger partial charge in [0.2, 0.25) is 11.7 Å². The van der Waals surface area contributed by atoms with E-state index in [-0.39, 0.29) is 6.04 Å². The molecule has 0 aliphatic heterocycles. The van der Waals surface area contributed by atoms with Gasteiger partial charge in [0.25, 0.3) is 0 Å². The van der Waals surface area contributed by atoms with Crippen LogP contribution in [0, 0.1) is 0 Å². The van der Waals surface area contributed by atoms with Gasteiger partial charge in [-0.15, -0.1) is 0 Å². The van der Waals surface area contributed by atoms with Gasteiger partial charge in [0, 0.05) is 12.0 Å². The van der Waals surface area contributed by atoms with Crippen molar-refractivity contribution < 1.29 is 9.26 Å². The number of hydrogen-bond acceptors (Lipinski definition) is 5. The second-order valence-electron chi connectivity index (χ2n) is 4.97. The molecule has 1 heterocycles. The summed E-state index contributed by atoms with van der Waals surface area (Å²) >= 11 is 0. The summed E-state index contributed by atoms with van der Waals surface area (Å²) in [6, 6.07) is 7.77. The maximum atomic E-state index is 5.79. The molecule has 100 valence electrons. The van der Waals surface area contributed by atoms with E-state index in [4.69, 9.17) is 15.0 Å². The number of nitrogens with two attached hydrogens (primary N) is 1. The number of nitrogens with zero attached hydrogens (tertiary/aromatic N) is 2. The third-order valence-electron chi connectivity index (χ3n) is 3.18. The smallest absolute Gasteiger partial charge is 0.229 e. The molecule has 1 aromatic carbocycles. The van der Waals surface area contributed by atoms with E-state index in [0.29, 0.717) is 18.3 Å². The third kappa shape index (κ3) is 2.93. The maximum absolute atomic E-state index is 5.79. The highest BCUT2D eigenvalue weighted by molar-refractivity contribution is 5.28. The first-order valence-corrected chi connectivity index (χ1v) is 6.53. The number of benzene rings is 1. The monoisotopic (exact) mass is 259 g/mol. The quantitative estimate of drug-likeness (QED) is 0.893. The van der Waals surface area contributed by atoms with Crippen molar-refractivity contribution in [1.29, 1.82) is 0 Å². The van der Waals surface area contributed by atoms with Crippen LogP contribution >= 0.6 is 0 Å². The van der Waals surface area contributed by atoms with Crippen molar-refractivity contribution in [3.8, 4) is 5.75 Å². The van der Waals surface area contributed by atoms with Crippen molar-refractivity contribution in [2.75, 3.05) is 0 Å². The van der Waals surface area contributed by atoms with Gasteiger partial charge in [0.1, 0.15) is 5.75 Å². The van der Waals surface area contributed by atoms with Crippen molar-refractivity contribution in [3.63, 3.8) is 0 Å².